The van der Waals surface area contributed by atoms with E-state index < -0.39 is 20.8 Å². The second-order valence-corrected chi connectivity index (χ2v) is 19.2. The summed E-state index contributed by atoms with van der Waals surface area (Å²) < 4.78 is 0. The zero-order valence-electron chi connectivity index (χ0n) is 31.0. The molecule has 2 radical (unpaired) electrons. The van der Waals surface area contributed by atoms with Crippen LogP contribution in [-0.2, 0) is 32.7 Å². The molecular formula is C46H54Cl2SiZr. The standard InChI is InChI=1S/C25H29.C19H19.C2H6Si.2ClH.Zr/c1-2-3-8-19-17-23-11-7-12-24(25(23)18-19)22-15-13-21(14-16-22)20-9-5-4-6-10-20;1-19(2,3)16-12-10-15(11-13-16)18-9-5-7-14-6-4-8-17(14)18;1-3-2;;;/h7,11-18,20H,2-6,8-10H2,1H3;4-13H,1-3H3;1-2H3;2*1H;/q2*-1;;;;+4/p-2. The molecule has 0 aliphatic heterocycles. The molecule has 0 nitrogen and oxygen atoms in total. The Morgan fingerprint density at radius 3 is 1.88 bits per heavy atom. The van der Waals surface area contributed by atoms with Crippen molar-refractivity contribution in [1.29, 1.82) is 0 Å². The van der Waals surface area contributed by atoms with E-state index in [2.05, 4.69) is 156 Å². The number of halogens is 2. The third kappa shape index (κ3) is 11.4. The first-order valence-electron chi connectivity index (χ1n) is 18.3. The quantitative estimate of drug-likeness (QED) is 0.116. The normalized spacial score (nSPS) is 13.0. The van der Waals surface area contributed by atoms with Crippen LogP contribution in [0.2, 0.25) is 13.1 Å². The van der Waals surface area contributed by atoms with E-state index in [4.69, 9.17) is 17.0 Å². The van der Waals surface area contributed by atoms with Crippen LogP contribution >= 0.6 is 17.0 Å². The molecule has 0 atom stereocenters. The first-order valence-corrected chi connectivity index (χ1v) is 26.7. The van der Waals surface area contributed by atoms with Crippen molar-refractivity contribution < 1.29 is 20.8 Å². The van der Waals surface area contributed by atoms with Crippen LogP contribution < -0.4 is 0 Å². The molecule has 4 heteroatoms. The number of hydrogen-bond acceptors (Lipinski definition) is 0. The van der Waals surface area contributed by atoms with Gasteiger partial charge in [0.1, 0.15) is 0 Å². The second-order valence-electron chi connectivity index (χ2n) is 14.5. The van der Waals surface area contributed by atoms with Crippen LogP contribution in [0.1, 0.15) is 95.2 Å². The topological polar surface area (TPSA) is 0 Å². The van der Waals surface area contributed by atoms with Gasteiger partial charge in [0.2, 0.25) is 0 Å². The van der Waals surface area contributed by atoms with E-state index in [1.54, 1.807) is 5.56 Å². The molecular weight excluding hydrogens is 743 g/mol. The van der Waals surface area contributed by atoms with Gasteiger partial charge in [-0.1, -0.05) is 145 Å². The van der Waals surface area contributed by atoms with Crippen LogP contribution in [0.3, 0.4) is 0 Å². The zero-order chi connectivity index (χ0) is 35.9. The van der Waals surface area contributed by atoms with E-state index >= 15 is 0 Å². The van der Waals surface area contributed by atoms with Gasteiger partial charge in [-0.25, -0.2) is 0 Å². The van der Waals surface area contributed by atoms with E-state index in [1.165, 1.54) is 106 Å². The Hall–Kier alpha value is -2.22. The molecule has 0 spiro atoms. The van der Waals surface area contributed by atoms with E-state index in [1.807, 2.05) is 0 Å². The van der Waals surface area contributed by atoms with Crippen molar-refractivity contribution in [2.75, 3.05) is 0 Å². The molecule has 1 saturated carbocycles. The van der Waals surface area contributed by atoms with Crippen LogP contribution in [0.25, 0.3) is 43.8 Å². The predicted octanol–water partition coefficient (Wildman–Crippen LogP) is 15.3. The van der Waals surface area contributed by atoms with Crippen molar-refractivity contribution in [3.05, 3.63) is 132 Å². The SMILES string of the molecule is CC(C)(C)c1ccc(-c2cccc3[cH-]ccc23)cc1.CCCCc1cc2c(-c3ccc(C4CCCCC4)cc3)cccc2[cH-]1.C[Si]C.[Cl][Zr+2][Cl]. The third-order valence-corrected chi connectivity index (χ3v) is 9.67. The van der Waals surface area contributed by atoms with Crippen LogP contribution in [0.5, 0.6) is 0 Å². The third-order valence-electron chi connectivity index (χ3n) is 9.67. The van der Waals surface area contributed by atoms with Crippen LogP contribution in [0.15, 0.2) is 115 Å². The van der Waals surface area contributed by atoms with Gasteiger partial charge in [0.25, 0.3) is 0 Å². The molecule has 0 saturated heterocycles. The summed E-state index contributed by atoms with van der Waals surface area (Å²) in [5.74, 6) is 0.790. The number of fused-ring (bicyclic) bond motifs is 2. The molecule has 1 fully saturated rings. The number of rotatable bonds is 6. The van der Waals surface area contributed by atoms with Crippen molar-refractivity contribution in [2.24, 2.45) is 0 Å². The molecule has 0 amide bonds. The molecule has 0 unspecified atom stereocenters. The van der Waals surface area contributed by atoms with Gasteiger partial charge in [0, 0.05) is 9.52 Å². The minimum atomic E-state index is -0.826. The summed E-state index contributed by atoms with van der Waals surface area (Å²) in [6.45, 7) is 13.3. The first-order chi connectivity index (χ1) is 24.2. The van der Waals surface area contributed by atoms with Crippen molar-refractivity contribution in [1.82, 2.24) is 0 Å². The summed E-state index contributed by atoms with van der Waals surface area (Å²) in [5, 5.41) is 5.46. The molecule has 50 heavy (non-hydrogen) atoms. The summed E-state index contributed by atoms with van der Waals surface area (Å²) in [5.41, 5.74) is 9.99. The number of hydrogen-bond donors (Lipinski definition) is 0. The predicted molar refractivity (Wildman–Crippen MR) is 222 cm³/mol. The second kappa shape index (κ2) is 20.7. The summed E-state index contributed by atoms with van der Waals surface area (Å²) in [6.07, 6.45) is 10.7. The van der Waals surface area contributed by atoms with Crippen molar-refractivity contribution in [2.45, 2.75) is 103 Å². The number of aryl methyl sites for hydroxylation is 1. The molecule has 1 aliphatic rings. The summed E-state index contributed by atoms with van der Waals surface area (Å²) in [4.78, 5) is 0. The molecule has 6 aromatic carbocycles. The Morgan fingerprint density at radius 2 is 1.30 bits per heavy atom. The Labute approximate surface area is 324 Å². The summed E-state index contributed by atoms with van der Waals surface area (Å²) in [7, 11) is 11.0. The van der Waals surface area contributed by atoms with Crippen LogP contribution in [0, 0.1) is 0 Å². The Balaban J connectivity index is 0.000000200. The van der Waals surface area contributed by atoms with E-state index in [9.17, 15) is 0 Å². The fourth-order valence-electron chi connectivity index (χ4n) is 7.01. The molecule has 1 aliphatic carbocycles. The molecule has 0 aromatic heterocycles. The first kappa shape index (κ1) is 40.5. The minimum absolute atomic E-state index is 0.213. The summed E-state index contributed by atoms with van der Waals surface area (Å²) in [6, 6.07) is 42.9. The Bertz CT molecular complexity index is 1830. The molecule has 7 rings (SSSR count). The van der Waals surface area contributed by atoms with E-state index in [0.717, 1.165) is 15.4 Å². The fourth-order valence-corrected chi connectivity index (χ4v) is 7.01. The van der Waals surface area contributed by atoms with Gasteiger partial charge in [0.05, 0.1) is 0 Å². The molecule has 0 bridgehead atoms. The van der Waals surface area contributed by atoms with E-state index in [0.29, 0.717) is 0 Å². The fraction of sp³-hybridized carbons (Fsp3) is 0.348. The van der Waals surface area contributed by atoms with E-state index in [-0.39, 0.29) is 5.41 Å². The van der Waals surface area contributed by atoms with Gasteiger partial charge in [-0.2, -0.15) is 18.2 Å². The van der Waals surface area contributed by atoms with Gasteiger partial charge in [-0.3, -0.25) is 0 Å². The average Bonchev–Trinajstić information content (AvgIpc) is 3.79. The van der Waals surface area contributed by atoms with Gasteiger partial charge < -0.3 is 0 Å². The van der Waals surface area contributed by atoms with Crippen molar-refractivity contribution >= 4 is 48.1 Å². The molecule has 0 N–H and O–H groups in total. The average molecular weight is 797 g/mol. The monoisotopic (exact) mass is 794 g/mol. The summed E-state index contributed by atoms with van der Waals surface area (Å²) >= 11 is -0.826. The van der Waals surface area contributed by atoms with Gasteiger partial charge in [-0.15, -0.1) is 63.5 Å². The number of unbranched alkanes of at least 4 members (excludes halogenated alkanes) is 1. The Kier molecular flexibility index (Phi) is 16.8. The molecule has 260 valence electrons. The van der Waals surface area contributed by atoms with Crippen molar-refractivity contribution in [3.63, 3.8) is 0 Å². The number of benzene rings is 4. The molecule has 6 aromatic rings. The maximum atomic E-state index is 4.93. The van der Waals surface area contributed by atoms with Crippen LogP contribution in [0.4, 0.5) is 0 Å². The molecule has 0 heterocycles. The van der Waals surface area contributed by atoms with Gasteiger partial charge in [-0.05, 0) is 52.8 Å². The van der Waals surface area contributed by atoms with Gasteiger partial charge >= 0.3 is 37.9 Å². The Morgan fingerprint density at radius 1 is 0.740 bits per heavy atom. The van der Waals surface area contributed by atoms with Crippen LogP contribution in [-0.4, -0.2) is 9.52 Å². The maximum absolute atomic E-state index is 4.93. The zero-order valence-corrected chi connectivity index (χ0v) is 35.9. The van der Waals surface area contributed by atoms with Gasteiger partial charge in [0.15, 0.2) is 0 Å². The van der Waals surface area contributed by atoms with Crippen molar-refractivity contribution in [3.8, 4) is 22.3 Å².